The van der Waals surface area contributed by atoms with E-state index in [2.05, 4.69) is 24.7 Å². The van der Waals surface area contributed by atoms with E-state index in [1.165, 1.54) is 0 Å². The fourth-order valence-electron chi connectivity index (χ4n) is 1.65. The van der Waals surface area contributed by atoms with Crippen molar-refractivity contribution >= 4 is 11.7 Å². The first-order chi connectivity index (χ1) is 8.58. The number of carbonyl (C=O) groups excluding carboxylic acids is 2. The lowest BCUT2D eigenvalue weighted by atomic mass is 10.0. The Morgan fingerprint density at radius 3 is 2.39 bits per heavy atom. The Morgan fingerprint density at radius 1 is 1.22 bits per heavy atom. The predicted octanol–water partition coefficient (Wildman–Crippen LogP) is 0.966. The Morgan fingerprint density at radius 2 is 1.89 bits per heavy atom. The van der Waals surface area contributed by atoms with Crippen LogP contribution >= 0.6 is 0 Å². The summed E-state index contributed by atoms with van der Waals surface area (Å²) in [4.78, 5) is 22.6. The molecule has 2 rings (SSSR count). The first kappa shape index (κ1) is 12.6. The van der Waals surface area contributed by atoms with Crippen LogP contribution in [0.25, 0.3) is 0 Å². The molecule has 18 heavy (non-hydrogen) atoms. The molecule has 1 saturated heterocycles. The Bertz CT molecular complexity index is 454. The number of hydrazine groups is 1. The maximum absolute atomic E-state index is 11.5. The van der Waals surface area contributed by atoms with Gasteiger partial charge in [-0.05, 0) is 23.6 Å². The highest BCUT2D eigenvalue weighted by Crippen LogP contribution is 2.20. The molecule has 0 bridgehead atoms. The zero-order valence-electron chi connectivity index (χ0n) is 10.4. The third kappa shape index (κ3) is 2.68. The average Bonchev–Trinajstić information content (AvgIpc) is 2.68. The largest absolute Gasteiger partial charge is 0.493 e. The topological polar surface area (TPSA) is 67.4 Å². The molecule has 1 amide bonds. The molecule has 1 aromatic rings. The third-order valence-electron chi connectivity index (χ3n) is 2.61. The molecule has 2 N–H and O–H groups in total. The van der Waals surface area contributed by atoms with Gasteiger partial charge in [-0.2, -0.15) is 0 Å². The zero-order chi connectivity index (χ0) is 13.1. The minimum absolute atomic E-state index is 0.463. The number of benzene rings is 1. The maximum Gasteiger partial charge on any atom is 0.303 e. The lowest BCUT2D eigenvalue weighted by Crippen LogP contribution is -2.27. The van der Waals surface area contributed by atoms with Crippen molar-refractivity contribution in [1.82, 2.24) is 10.9 Å². The molecule has 0 spiro atoms. The molecule has 96 valence electrons. The summed E-state index contributed by atoms with van der Waals surface area (Å²) in [6.45, 7) is 4.81. The van der Waals surface area contributed by atoms with Gasteiger partial charge >= 0.3 is 5.91 Å². The van der Waals surface area contributed by atoms with Crippen LogP contribution in [0.3, 0.4) is 0 Å². The van der Waals surface area contributed by atoms with Gasteiger partial charge in [0, 0.05) is 0 Å². The van der Waals surface area contributed by atoms with E-state index in [9.17, 15) is 9.59 Å². The number of rotatable bonds is 4. The zero-order valence-corrected chi connectivity index (χ0v) is 10.4. The smallest absolute Gasteiger partial charge is 0.303 e. The number of carbonyl (C=O) groups is 2. The standard InChI is InChI=1S/C13H16N2O3/c1-8(2)7-18-10-5-3-9(4-6-10)11-12(16)13(17)15-14-11/h3-6,8,11,14H,7H2,1-2H3,(H,15,17). The Kier molecular flexibility index (Phi) is 3.62. The monoisotopic (exact) mass is 248 g/mol. The van der Waals surface area contributed by atoms with E-state index in [0.29, 0.717) is 12.5 Å². The Hall–Kier alpha value is -1.88. The molecule has 1 heterocycles. The van der Waals surface area contributed by atoms with E-state index < -0.39 is 17.7 Å². The molecular weight excluding hydrogens is 232 g/mol. The fraction of sp³-hybridized carbons (Fsp3) is 0.385. The van der Waals surface area contributed by atoms with Gasteiger partial charge in [0.1, 0.15) is 11.8 Å². The normalized spacial score (nSPS) is 19.2. The molecule has 1 aliphatic rings. The van der Waals surface area contributed by atoms with Crippen molar-refractivity contribution in [2.75, 3.05) is 6.61 Å². The number of hydrogen-bond donors (Lipinski definition) is 2. The van der Waals surface area contributed by atoms with Gasteiger partial charge in [0.2, 0.25) is 5.78 Å². The van der Waals surface area contributed by atoms with Gasteiger partial charge in [-0.1, -0.05) is 26.0 Å². The molecular formula is C13H16N2O3. The van der Waals surface area contributed by atoms with E-state index in [-0.39, 0.29) is 0 Å². The van der Waals surface area contributed by atoms with Crippen LogP contribution in [-0.2, 0) is 9.59 Å². The highest BCUT2D eigenvalue weighted by Gasteiger charge is 2.33. The van der Waals surface area contributed by atoms with Gasteiger partial charge in [-0.3, -0.25) is 15.0 Å². The summed E-state index contributed by atoms with van der Waals surface area (Å²) in [6, 6.07) is 6.57. The van der Waals surface area contributed by atoms with Gasteiger partial charge in [0.05, 0.1) is 6.61 Å². The molecule has 0 radical (unpaired) electrons. The summed E-state index contributed by atoms with van der Waals surface area (Å²) in [6.07, 6.45) is 0. The Labute approximate surface area is 105 Å². The van der Waals surface area contributed by atoms with Crippen molar-refractivity contribution < 1.29 is 14.3 Å². The molecule has 1 aromatic carbocycles. The summed E-state index contributed by atoms with van der Waals surface area (Å²) in [5.41, 5.74) is 5.70. The van der Waals surface area contributed by atoms with Crippen LogP contribution in [0, 0.1) is 5.92 Å². The van der Waals surface area contributed by atoms with Gasteiger partial charge in [-0.25, -0.2) is 5.43 Å². The second-order valence-corrected chi connectivity index (χ2v) is 4.67. The number of amides is 1. The molecule has 0 aliphatic carbocycles. The number of ketones is 1. The van der Waals surface area contributed by atoms with E-state index in [1.807, 2.05) is 0 Å². The molecule has 5 nitrogen and oxygen atoms in total. The van der Waals surface area contributed by atoms with Crippen molar-refractivity contribution in [2.24, 2.45) is 5.92 Å². The predicted molar refractivity (Wildman–Crippen MR) is 65.8 cm³/mol. The molecule has 1 unspecified atom stereocenters. The van der Waals surface area contributed by atoms with Gasteiger partial charge in [0.25, 0.3) is 0 Å². The molecule has 1 atom stereocenters. The lowest BCUT2D eigenvalue weighted by molar-refractivity contribution is -0.135. The second kappa shape index (κ2) is 5.18. The summed E-state index contributed by atoms with van der Waals surface area (Å²) >= 11 is 0. The van der Waals surface area contributed by atoms with Crippen LogP contribution < -0.4 is 15.6 Å². The minimum atomic E-state index is -0.600. The van der Waals surface area contributed by atoms with Crippen LogP contribution in [-0.4, -0.2) is 18.3 Å². The summed E-state index contributed by atoms with van der Waals surface area (Å²) < 4.78 is 5.55. The minimum Gasteiger partial charge on any atom is -0.493 e. The first-order valence-electron chi connectivity index (χ1n) is 5.90. The van der Waals surface area contributed by atoms with E-state index >= 15 is 0 Å². The second-order valence-electron chi connectivity index (χ2n) is 4.67. The van der Waals surface area contributed by atoms with Crippen molar-refractivity contribution in [3.8, 4) is 5.75 Å². The summed E-state index contributed by atoms with van der Waals surface area (Å²) in [5, 5.41) is 0. The van der Waals surface area contributed by atoms with Crippen molar-refractivity contribution in [3.05, 3.63) is 29.8 Å². The number of ether oxygens (including phenoxy) is 1. The van der Waals surface area contributed by atoms with Crippen LogP contribution in [0.5, 0.6) is 5.75 Å². The van der Waals surface area contributed by atoms with Crippen molar-refractivity contribution in [3.63, 3.8) is 0 Å². The fourth-order valence-corrected chi connectivity index (χ4v) is 1.65. The van der Waals surface area contributed by atoms with Gasteiger partial charge in [0.15, 0.2) is 0 Å². The lowest BCUT2D eigenvalue weighted by Gasteiger charge is -2.11. The van der Waals surface area contributed by atoms with Crippen molar-refractivity contribution in [2.45, 2.75) is 19.9 Å². The third-order valence-corrected chi connectivity index (χ3v) is 2.61. The SMILES string of the molecule is CC(C)COc1ccc(C2NNC(=O)C2=O)cc1. The quantitative estimate of drug-likeness (QED) is 0.779. The molecule has 0 saturated carbocycles. The summed E-state index contributed by atoms with van der Waals surface area (Å²) in [5.74, 6) is 0.160. The Balaban J connectivity index is 2.04. The highest BCUT2D eigenvalue weighted by molar-refractivity contribution is 6.39. The average molecular weight is 248 g/mol. The van der Waals surface area contributed by atoms with E-state index in [0.717, 1.165) is 11.3 Å². The molecule has 0 aromatic heterocycles. The molecule has 1 aliphatic heterocycles. The van der Waals surface area contributed by atoms with Crippen LogP contribution in [0.4, 0.5) is 0 Å². The molecule has 1 fully saturated rings. The number of nitrogens with one attached hydrogen (secondary N) is 2. The van der Waals surface area contributed by atoms with E-state index in [1.54, 1.807) is 24.3 Å². The van der Waals surface area contributed by atoms with Crippen LogP contribution in [0.1, 0.15) is 25.5 Å². The number of Topliss-reactive ketones (excluding diaryl/α,β-unsaturated/α-hetero) is 1. The molecule has 5 heteroatoms. The van der Waals surface area contributed by atoms with Crippen LogP contribution in [0.2, 0.25) is 0 Å². The first-order valence-corrected chi connectivity index (χ1v) is 5.90. The van der Waals surface area contributed by atoms with E-state index in [4.69, 9.17) is 4.74 Å². The van der Waals surface area contributed by atoms with Crippen LogP contribution in [0.15, 0.2) is 24.3 Å². The van der Waals surface area contributed by atoms with Crippen molar-refractivity contribution in [1.29, 1.82) is 0 Å². The number of hydrogen-bond acceptors (Lipinski definition) is 4. The van der Waals surface area contributed by atoms with Gasteiger partial charge in [-0.15, -0.1) is 0 Å². The maximum atomic E-state index is 11.5. The summed E-state index contributed by atoms with van der Waals surface area (Å²) in [7, 11) is 0. The highest BCUT2D eigenvalue weighted by atomic mass is 16.5. The van der Waals surface area contributed by atoms with Gasteiger partial charge < -0.3 is 4.74 Å².